The number of nitrogens with one attached hydrogen (secondary N) is 2. The summed E-state index contributed by atoms with van der Waals surface area (Å²) in [5.74, 6) is 0.0781. The molecule has 0 spiro atoms. The average Bonchev–Trinajstić information content (AvgIpc) is 3.09. The fourth-order valence-electron chi connectivity index (χ4n) is 3.75. The van der Waals surface area contributed by atoms with E-state index in [-0.39, 0.29) is 5.92 Å². The molecular weight excluding hydrogens is 360 g/mol. The Kier molecular flexibility index (Phi) is 5.61. The fraction of sp³-hybridized carbons (Fsp3) is 0.160. The van der Waals surface area contributed by atoms with Crippen LogP contribution in [0.5, 0.6) is 0 Å². The van der Waals surface area contributed by atoms with Crippen molar-refractivity contribution in [2.24, 2.45) is 0 Å². The molecule has 0 atom stereocenters. The van der Waals surface area contributed by atoms with Gasteiger partial charge in [-0.2, -0.15) is 0 Å². The standard InChI is InChI=1S/C25H24N2O2/c1-26-19-14-12-18(13-15-19)7-6-16-27-25(28)29-17-24-22-10-4-2-8-20(22)21-9-3-5-11-23(21)24/h2-15,24,26H,16-17H2,1H3,(H,27,28). The number of benzene rings is 3. The van der Waals surface area contributed by atoms with Crippen LogP contribution in [0.1, 0.15) is 22.6 Å². The number of ether oxygens (including phenoxy) is 1. The number of fused-ring (bicyclic) bond motifs is 3. The van der Waals surface area contributed by atoms with Crippen molar-refractivity contribution in [3.05, 3.63) is 95.6 Å². The van der Waals surface area contributed by atoms with Gasteiger partial charge in [-0.3, -0.25) is 0 Å². The SMILES string of the molecule is CNc1ccc(C=CCNC(=O)OCC2c3ccccc3-c3ccccc32)cc1. The smallest absolute Gasteiger partial charge is 0.407 e. The maximum atomic E-state index is 12.1. The molecule has 0 saturated carbocycles. The lowest BCUT2D eigenvalue weighted by Crippen LogP contribution is -2.26. The van der Waals surface area contributed by atoms with Crippen LogP contribution in [0.3, 0.4) is 0 Å². The van der Waals surface area contributed by atoms with Crippen LogP contribution in [0.25, 0.3) is 17.2 Å². The highest BCUT2D eigenvalue weighted by atomic mass is 16.5. The van der Waals surface area contributed by atoms with Gasteiger partial charge in [-0.05, 0) is 39.9 Å². The fourth-order valence-corrected chi connectivity index (χ4v) is 3.75. The zero-order chi connectivity index (χ0) is 20.1. The first kappa shape index (κ1) is 18.8. The molecule has 146 valence electrons. The Balaban J connectivity index is 1.31. The average molecular weight is 384 g/mol. The van der Waals surface area contributed by atoms with Crippen molar-refractivity contribution in [3.8, 4) is 11.1 Å². The van der Waals surface area contributed by atoms with Crippen LogP contribution >= 0.6 is 0 Å². The van der Waals surface area contributed by atoms with Gasteiger partial charge in [0.25, 0.3) is 0 Å². The van der Waals surface area contributed by atoms with Crippen molar-refractivity contribution < 1.29 is 9.53 Å². The second kappa shape index (κ2) is 8.65. The molecule has 0 bridgehead atoms. The lowest BCUT2D eigenvalue weighted by Gasteiger charge is -2.14. The Morgan fingerprint density at radius 2 is 1.55 bits per heavy atom. The summed E-state index contributed by atoms with van der Waals surface area (Å²) < 4.78 is 5.53. The summed E-state index contributed by atoms with van der Waals surface area (Å²) >= 11 is 0. The molecule has 2 N–H and O–H groups in total. The first-order valence-electron chi connectivity index (χ1n) is 9.79. The normalized spacial score (nSPS) is 12.4. The van der Waals surface area contributed by atoms with Gasteiger partial charge in [-0.1, -0.05) is 72.8 Å². The van der Waals surface area contributed by atoms with Crippen molar-refractivity contribution in [1.82, 2.24) is 5.32 Å². The Bertz CT molecular complexity index is 980. The summed E-state index contributed by atoms with van der Waals surface area (Å²) in [5.41, 5.74) is 7.03. The summed E-state index contributed by atoms with van der Waals surface area (Å²) in [6, 6.07) is 24.7. The van der Waals surface area contributed by atoms with Gasteiger partial charge >= 0.3 is 6.09 Å². The Hall–Kier alpha value is -3.53. The van der Waals surface area contributed by atoms with E-state index in [9.17, 15) is 4.79 Å². The van der Waals surface area contributed by atoms with Gasteiger partial charge in [0.2, 0.25) is 0 Å². The first-order valence-corrected chi connectivity index (χ1v) is 9.79. The third-order valence-corrected chi connectivity index (χ3v) is 5.22. The molecular formula is C25H24N2O2. The van der Waals surface area contributed by atoms with E-state index in [2.05, 4.69) is 34.9 Å². The number of rotatable bonds is 6. The highest BCUT2D eigenvalue weighted by molar-refractivity contribution is 5.79. The van der Waals surface area contributed by atoms with Crippen molar-refractivity contribution in [3.63, 3.8) is 0 Å². The summed E-state index contributed by atoms with van der Waals surface area (Å²) in [6.45, 7) is 0.750. The number of hydrogen-bond donors (Lipinski definition) is 2. The molecule has 1 aliphatic rings. The number of carbonyl (C=O) groups is 1. The van der Waals surface area contributed by atoms with E-state index >= 15 is 0 Å². The lowest BCUT2D eigenvalue weighted by molar-refractivity contribution is 0.144. The molecule has 4 rings (SSSR count). The van der Waals surface area contributed by atoms with Crippen molar-refractivity contribution in [2.45, 2.75) is 5.92 Å². The molecule has 4 heteroatoms. The van der Waals surface area contributed by atoms with E-state index in [4.69, 9.17) is 4.74 Å². The molecule has 3 aromatic rings. The minimum atomic E-state index is -0.401. The van der Waals surface area contributed by atoms with E-state index in [0.717, 1.165) is 11.3 Å². The van der Waals surface area contributed by atoms with E-state index in [1.165, 1.54) is 22.3 Å². The zero-order valence-corrected chi connectivity index (χ0v) is 16.4. The second-order valence-electron chi connectivity index (χ2n) is 6.98. The summed E-state index contributed by atoms with van der Waals surface area (Å²) in [5, 5.41) is 5.88. The van der Waals surface area contributed by atoms with Gasteiger partial charge in [0.15, 0.2) is 0 Å². The molecule has 0 aliphatic heterocycles. The minimum Gasteiger partial charge on any atom is -0.449 e. The van der Waals surface area contributed by atoms with Crippen molar-refractivity contribution in [1.29, 1.82) is 0 Å². The van der Waals surface area contributed by atoms with Crippen LogP contribution in [-0.2, 0) is 4.74 Å². The monoisotopic (exact) mass is 384 g/mol. The number of hydrogen-bond acceptors (Lipinski definition) is 3. The molecule has 0 radical (unpaired) electrons. The third-order valence-electron chi connectivity index (χ3n) is 5.22. The molecule has 0 saturated heterocycles. The molecule has 29 heavy (non-hydrogen) atoms. The number of carbonyl (C=O) groups excluding carboxylic acids is 1. The van der Waals surface area contributed by atoms with Crippen LogP contribution in [0, 0.1) is 0 Å². The summed E-state index contributed by atoms with van der Waals surface area (Å²) in [6.07, 6.45) is 3.49. The number of amides is 1. The van der Waals surface area contributed by atoms with Crippen LogP contribution < -0.4 is 10.6 Å². The molecule has 0 aromatic heterocycles. The third kappa shape index (κ3) is 4.16. The van der Waals surface area contributed by atoms with Crippen molar-refractivity contribution >= 4 is 17.9 Å². The van der Waals surface area contributed by atoms with Gasteiger partial charge in [-0.25, -0.2) is 4.79 Å². The maximum Gasteiger partial charge on any atom is 0.407 e. The predicted octanol–water partition coefficient (Wildman–Crippen LogP) is 5.28. The molecule has 0 unspecified atom stereocenters. The van der Waals surface area contributed by atoms with E-state index in [1.807, 2.05) is 67.7 Å². The zero-order valence-electron chi connectivity index (χ0n) is 16.4. The number of alkyl carbamates (subject to hydrolysis) is 1. The van der Waals surface area contributed by atoms with Gasteiger partial charge < -0.3 is 15.4 Å². The highest BCUT2D eigenvalue weighted by Gasteiger charge is 2.28. The Morgan fingerprint density at radius 3 is 2.17 bits per heavy atom. The molecule has 1 amide bonds. The topological polar surface area (TPSA) is 50.4 Å². The second-order valence-corrected chi connectivity index (χ2v) is 6.98. The number of anilines is 1. The van der Waals surface area contributed by atoms with E-state index < -0.39 is 6.09 Å². The van der Waals surface area contributed by atoms with Crippen LogP contribution in [0.4, 0.5) is 10.5 Å². The van der Waals surface area contributed by atoms with Crippen LogP contribution in [-0.4, -0.2) is 26.3 Å². The lowest BCUT2D eigenvalue weighted by atomic mass is 9.98. The Labute approximate surface area is 171 Å². The first-order chi connectivity index (χ1) is 14.3. The van der Waals surface area contributed by atoms with Gasteiger partial charge in [-0.15, -0.1) is 0 Å². The summed E-state index contributed by atoms with van der Waals surface area (Å²) in [7, 11) is 1.89. The predicted molar refractivity (Wildman–Crippen MR) is 118 cm³/mol. The van der Waals surface area contributed by atoms with Gasteiger partial charge in [0.1, 0.15) is 6.61 Å². The van der Waals surface area contributed by atoms with Gasteiger partial charge in [0.05, 0.1) is 0 Å². The molecule has 1 aliphatic carbocycles. The quantitative estimate of drug-likeness (QED) is 0.608. The Morgan fingerprint density at radius 1 is 0.931 bits per heavy atom. The van der Waals surface area contributed by atoms with Crippen molar-refractivity contribution in [2.75, 3.05) is 25.5 Å². The maximum absolute atomic E-state index is 12.1. The molecule has 3 aromatic carbocycles. The molecule has 0 fully saturated rings. The molecule has 4 nitrogen and oxygen atoms in total. The largest absolute Gasteiger partial charge is 0.449 e. The van der Waals surface area contributed by atoms with Crippen LogP contribution in [0.2, 0.25) is 0 Å². The van der Waals surface area contributed by atoms with Gasteiger partial charge in [0, 0.05) is 25.2 Å². The van der Waals surface area contributed by atoms with Crippen LogP contribution in [0.15, 0.2) is 78.9 Å². The molecule has 0 heterocycles. The van der Waals surface area contributed by atoms with E-state index in [1.54, 1.807) is 0 Å². The van der Waals surface area contributed by atoms with E-state index in [0.29, 0.717) is 13.2 Å². The summed E-state index contributed by atoms with van der Waals surface area (Å²) in [4.78, 5) is 12.1. The minimum absolute atomic E-state index is 0.0781. The highest BCUT2D eigenvalue weighted by Crippen LogP contribution is 2.44.